The maximum absolute atomic E-state index is 12.3. The second-order valence-electron chi connectivity index (χ2n) is 8.40. The molecule has 0 heterocycles. The summed E-state index contributed by atoms with van der Waals surface area (Å²) in [5, 5.41) is 13.7. The van der Waals surface area contributed by atoms with Crippen LogP contribution in [0.5, 0.6) is 0 Å². The molecule has 0 radical (unpaired) electrons. The second kappa shape index (κ2) is 10.0. The van der Waals surface area contributed by atoms with Crippen molar-refractivity contribution in [1.29, 1.82) is 0 Å². The average Bonchev–Trinajstić information content (AvgIpc) is 3.07. The summed E-state index contributed by atoms with van der Waals surface area (Å²) >= 11 is 0. The zero-order valence-corrected chi connectivity index (χ0v) is 18.1. The van der Waals surface area contributed by atoms with Crippen LogP contribution in [-0.4, -0.2) is 42.8 Å². The number of alkyl carbamates (subject to hydrolysis) is 1. The van der Waals surface area contributed by atoms with Crippen molar-refractivity contribution < 1.29 is 24.2 Å². The van der Waals surface area contributed by atoms with E-state index in [1.165, 1.54) is 0 Å². The topological polar surface area (TPSA) is 105 Å². The molecule has 0 spiro atoms. The first kappa shape index (κ1) is 22.9. The Morgan fingerprint density at radius 3 is 2.19 bits per heavy atom. The minimum absolute atomic E-state index is 0.0150. The highest BCUT2D eigenvalue weighted by molar-refractivity contribution is 5.86. The minimum atomic E-state index is -1.24. The molecule has 3 N–H and O–H groups in total. The Hall–Kier alpha value is -3.79. The largest absolute Gasteiger partial charge is 0.472 e. The summed E-state index contributed by atoms with van der Waals surface area (Å²) in [5.41, 5.74) is 4.10. The molecule has 0 unspecified atom stereocenters. The molecule has 3 rings (SSSR count). The van der Waals surface area contributed by atoms with Crippen molar-refractivity contribution in [3.05, 3.63) is 59.7 Å². The Labute approximate surface area is 187 Å². The normalized spacial score (nSPS) is 12.1. The van der Waals surface area contributed by atoms with Crippen molar-refractivity contribution >= 4 is 18.0 Å². The number of nitrogens with one attached hydrogen (secondary N) is 2. The van der Waals surface area contributed by atoms with Gasteiger partial charge in [-0.3, -0.25) is 4.79 Å². The highest BCUT2D eigenvalue weighted by Crippen LogP contribution is 2.44. The van der Waals surface area contributed by atoms with Crippen molar-refractivity contribution in [2.75, 3.05) is 19.7 Å². The maximum Gasteiger partial charge on any atom is 0.407 e. The number of rotatable bonds is 7. The van der Waals surface area contributed by atoms with Gasteiger partial charge in [-0.2, -0.15) is 0 Å². The van der Waals surface area contributed by atoms with Gasteiger partial charge in [-0.1, -0.05) is 68.3 Å². The third kappa shape index (κ3) is 5.88. The molecule has 2 amide bonds. The van der Waals surface area contributed by atoms with Crippen LogP contribution in [0.3, 0.4) is 0 Å². The van der Waals surface area contributed by atoms with Gasteiger partial charge in [0, 0.05) is 24.8 Å². The molecule has 2 aromatic rings. The van der Waals surface area contributed by atoms with E-state index < -0.39 is 17.5 Å². The number of carbonyl (C=O) groups is 3. The van der Waals surface area contributed by atoms with Crippen molar-refractivity contribution in [2.45, 2.75) is 26.2 Å². The Bertz CT molecular complexity index is 1040. The predicted molar refractivity (Wildman–Crippen MR) is 120 cm³/mol. The minimum Gasteiger partial charge on any atom is -0.472 e. The number of aliphatic carboxylic acids is 1. The van der Waals surface area contributed by atoms with Gasteiger partial charge < -0.3 is 20.5 Å². The number of amides is 2. The zero-order chi connectivity index (χ0) is 23.1. The zero-order valence-electron chi connectivity index (χ0n) is 18.1. The molecule has 0 saturated carbocycles. The monoisotopic (exact) mass is 434 g/mol. The molecule has 166 valence electrons. The van der Waals surface area contributed by atoms with E-state index in [1.807, 2.05) is 44.0 Å². The van der Waals surface area contributed by atoms with E-state index in [4.69, 9.17) is 9.84 Å². The van der Waals surface area contributed by atoms with Gasteiger partial charge in [0.1, 0.15) is 6.61 Å². The smallest absolute Gasteiger partial charge is 0.407 e. The van der Waals surface area contributed by atoms with Crippen LogP contribution in [0, 0.1) is 17.3 Å². The Kier molecular flexibility index (Phi) is 7.16. The van der Waals surface area contributed by atoms with Crippen LogP contribution < -0.4 is 10.6 Å². The first-order valence-electron chi connectivity index (χ1n) is 10.3. The van der Waals surface area contributed by atoms with E-state index in [0.717, 1.165) is 22.3 Å². The van der Waals surface area contributed by atoms with E-state index in [2.05, 4.69) is 40.8 Å². The van der Waals surface area contributed by atoms with E-state index in [9.17, 15) is 14.4 Å². The third-order valence-corrected chi connectivity index (χ3v) is 5.26. The maximum atomic E-state index is 12.3. The van der Waals surface area contributed by atoms with Crippen LogP contribution in [0.25, 0.3) is 11.1 Å². The third-order valence-electron chi connectivity index (χ3n) is 5.26. The highest BCUT2D eigenvalue weighted by Gasteiger charge is 2.29. The number of ether oxygens (including phenoxy) is 1. The number of carbonyl (C=O) groups excluding carboxylic acids is 2. The number of carboxylic acids is 1. The van der Waals surface area contributed by atoms with E-state index in [1.54, 1.807) is 0 Å². The molecule has 32 heavy (non-hydrogen) atoms. The second-order valence-corrected chi connectivity index (χ2v) is 8.40. The van der Waals surface area contributed by atoms with Crippen LogP contribution in [0.4, 0.5) is 4.79 Å². The highest BCUT2D eigenvalue weighted by atomic mass is 16.5. The van der Waals surface area contributed by atoms with Gasteiger partial charge >= 0.3 is 12.1 Å². The number of hydrogen-bond donors (Lipinski definition) is 3. The predicted octanol–water partition coefficient (Wildman–Crippen LogP) is 3.15. The van der Waals surface area contributed by atoms with Gasteiger partial charge in [-0.05, 0) is 27.7 Å². The Morgan fingerprint density at radius 2 is 1.59 bits per heavy atom. The fourth-order valence-corrected chi connectivity index (χ4v) is 3.78. The molecule has 0 aromatic heterocycles. The van der Waals surface area contributed by atoms with Crippen molar-refractivity contribution in [3.8, 4) is 23.0 Å². The lowest BCUT2D eigenvalue weighted by Crippen LogP contribution is -2.38. The summed E-state index contributed by atoms with van der Waals surface area (Å²) < 4.78 is 5.52. The summed E-state index contributed by atoms with van der Waals surface area (Å²) in [7, 11) is 0. The number of carboxylic acid groups (broad SMARTS) is 1. The van der Waals surface area contributed by atoms with Crippen molar-refractivity contribution in [2.24, 2.45) is 5.41 Å². The van der Waals surface area contributed by atoms with Gasteiger partial charge in [-0.15, -0.1) is 0 Å². The lowest BCUT2D eigenvalue weighted by atomic mass is 9.89. The van der Waals surface area contributed by atoms with Gasteiger partial charge in [0.25, 0.3) is 0 Å². The van der Waals surface area contributed by atoms with Crippen molar-refractivity contribution in [3.63, 3.8) is 0 Å². The molecule has 0 aliphatic heterocycles. The molecule has 7 heteroatoms. The van der Waals surface area contributed by atoms with Gasteiger partial charge in [0.05, 0.1) is 6.54 Å². The number of hydrogen-bond acceptors (Lipinski definition) is 4. The molecule has 2 aromatic carbocycles. The molecular weight excluding hydrogens is 408 g/mol. The van der Waals surface area contributed by atoms with Gasteiger partial charge in [-0.25, -0.2) is 9.59 Å². The first-order chi connectivity index (χ1) is 15.3. The fraction of sp³-hybridized carbons (Fsp3) is 0.320. The average molecular weight is 434 g/mol. The number of fused-ring (bicyclic) bond motifs is 3. The van der Waals surface area contributed by atoms with Crippen LogP contribution in [0.15, 0.2) is 48.5 Å². The summed E-state index contributed by atoms with van der Waals surface area (Å²) in [5.74, 6) is 2.74. The molecule has 7 nitrogen and oxygen atoms in total. The molecule has 1 aliphatic carbocycles. The molecule has 1 aliphatic rings. The quantitative estimate of drug-likeness (QED) is 0.581. The lowest BCUT2D eigenvalue weighted by molar-refractivity contribution is -0.130. The van der Waals surface area contributed by atoms with Gasteiger partial charge in [0.15, 0.2) is 0 Å². The standard InChI is InChI=1S/C25H26N2O5/c1-25(2,14-22(28)26-13-7-12-23(29)30)16-27-24(31)32-15-21-19-10-5-3-8-17(19)18-9-4-6-11-20(18)21/h3-6,8-11,21H,13-16H2,1-2H3,(H,26,28)(H,27,31)(H,29,30). The van der Waals surface area contributed by atoms with E-state index in [0.29, 0.717) is 0 Å². The van der Waals surface area contributed by atoms with E-state index >= 15 is 0 Å². The van der Waals surface area contributed by atoms with Crippen LogP contribution in [-0.2, 0) is 14.3 Å². The van der Waals surface area contributed by atoms with Gasteiger partial charge in [0.2, 0.25) is 5.91 Å². The molecular formula is C25H26N2O5. The van der Waals surface area contributed by atoms with Crippen LogP contribution in [0.2, 0.25) is 0 Å². The number of benzene rings is 2. The van der Waals surface area contributed by atoms with Crippen LogP contribution >= 0.6 is 0 Å². The summed E-state index contributed by atoms with van der Waals surface area (Å²) in [4.78, 5) is 34.7. The lowest BCUT2D eigenvalue weighted by Gasteiger charge is -2.24. The fourth-order valence-electron chi connectivity index (χ4n) is 3.78. The first-order valence-corrected chi connectivity index (χ1v) is 10.3. The van der Waals surface area contributed by atoms with E-state index in [-0.39, 0.29) is 37.9 Å². The van der Waals surface area contributed by atoms with Crippen molar-refractivity contribution in [1.82, 2.24) is 10.6 Å². The molecule has 0 bridgehead atoms. The Balaban J connectivity index is 1.49. The molecule has 0 saturated heterocycles. The summed E-state index contributed by atoms with van der Waals surface area (Å²) in [6.45, 7) is 4.13. The SMILES string of the molecule is CC(C)(CNC(=O)OCC1c2ccccc2-c2ccccc21)CC(=O)NCC#CC(=O)O. The molecule has 0 fully saturated rings. The summed E-state index contributed by atoms with van der Waals surface area (Å²) in [6, 6.07) is 16.3. The van der Waals surface area contributed by atoms with Crippen LogP contribution in [0.1, 0.15) is 37.3 Å². The molecule has 0 atom stereocenters. The summed E-state index contributed by atoms with van der Waals surface area (Å²) in [6.07, 6.45) is -0.390. The Morgan fingerprint density at radius 1 is 1.00 bits per heavy atom.